The summed E-state index contributed by atoms with van der Waals surface area (Å²) in [6.07, 6.45) is 0. The first-order valence-electron chi connectivity index (χ1n) is 11.0. The van der Waals surface area contributed by atoms with E-state index < -0.39 is 23.5 Å². The number of aliphatic hydroxyl groups excluding tert-OH is 1. The van der Waals surface area contributed by atoms with Gasteiger partial charge in [0.05, 0.1) is 24.8 Å². The minimum Gasteiger partial charge on any atom is -0.507 e. The van der Waals surface area contributed by atoms with Crippen molar-refractivity contribution in [2.45, 2.75) is 19.9 Å². The number of nitrogens with zero attached hydrogens (tertiary/aromatic N) is 1. The molecule has 1 N–H and O–H groups in total. The molecule has 1 aliphatic heterocycles. The fourth-order valence-electron chi connectivity index (χ4n) is 3.96. The second kappa shape index (κ2) is 9.79. The Kier molecular flexibility index (Phi) is 6.63. The first-order chi connectivity index (χ1) is 16.4. The van der Waals surface area contributed by atoms with Gasteiger partial charge < -0.3 is 14.6 Å². The van der Waals surface area contributed by atoms with Gasteiger partial charge in [0.2, 0.25) is 0 Å². The molecule has 1 fully saturated rings. The molecule has 174 valence electrons. The van der Waals surface area contributed by atoms with Gasteiger partial charge in [0.1, 0.15) is 23.1 Å². The lowest BCUT2D eigenvalue weighted by Gasteiger charge is -2.25. The van der Waals surface area contributed by atoms with Gasteiger partial charge in [-0.15, -0.1) is 0 Å². The number of hydrogen-bond acceptors (Lipinski definition) is 5. The first-order valence-corrected chi connectivity index (χ1v) is 11.0. The molecule has 1 heterocycles. The third-order valence-electron chi connectivity index (χ3n) is 5.49. The smallest absolute Gasteiger partial charge is 0.300 e. The predicted octanol–water partition coefficient (Wildman–Crippen LogP) is 5.25. The summed E-state index contributed by atoms with van der Waals surface area (Å²) in [5.74, 6) is -1.17. The molecule has 0 aromatic heterocycles. The Balaban J connectivity index is 1.86. The SMILES string of the molecule is CCOc1ccc(C2/C(=C(\O)c3ccc(F)cc3)C(=O)C(=O)N2c2ccc(OCC)cc2)cc1. The highest BCUT2D eigenvalue weighted by atomic mass is 19.1. The maximum atomic E-state index is 13.4. The minimum atomic E-state index is -0.890. The van der Waals surface area contributed by atoms with Crippen molar-refractivity contribution in [3.63, 3.8) is 0 Å². The van der Waals surface area contributed by atoms with Gasteiger partial charge in [-0.05, 0) is 80.1 Å². The number of Topliss-reactive ketones (excluding diaryl/α,β-unsaturated/α-hetero) is 1. The molecule has 3 aromatic rings. The Morgan fingerprint density at radius 2 is 1.38 bits per heavy atom. The van der Waals surface area contributed by atoms with Gasteiger partial charge >= 0.3 is 0 Å². The number of carbonyl (C=O) groups excluding carboxylic acids is 2. The van der Waals surface area contributed by atoms with Gasteiger partial charge in [0.15, 0.2) is 0 Å². The van der Waals surface area contributed by atoms with Crippen LogP contribution in [0.5, 0.6) is 11.5 Å². The molecule has 6 nitrogen and oxygen atoms in total. The number of rotatable bonds is 7. The number of ketones is 1. The Morgan fingerprint density at radius 3 is 1.91 bits per heavy atom. The number of hydrogen-bond donors (Lipinski definition) is 1. The van der Waals surface area contributed by atoms with Gasteiger partial charge in [-0.1, -0.05) is 12.1 Å². The number of anilines is 1. The van der Waals surface area contributed by atoms with Crippen molar-refractivity contribution in [2.75, 3.05) is 18.1 Å². The maximum Gasteiger partial charge on any atom is 0.300 e. The van der Waals surface area contributed by atoms with E-state index in [1.807, 2.05) is 13.8 Å². The third-order valence-corrected chi connectivity index (χ3v) is 5.49. The molecular formula is C27H24FNO5. The molecule has 1 saturated heterocycles. The molecule has 34 heavy (non-hydrogen) atoms. The van der Waals surface area contributed by atoms with Gasteiger partial charge in [0, 0.05) is 11.3 Å². The van der Waals surface area contributed by atoms with Gasteiger partial charge in [-0.2, -0.15) is 0 Å². The molecule has 4 rings (SSSR count). The fraction of sp³-hybridized carbons (Fsp3) is 0.185. The average Bonchev–Trinajstić information content (AvgIpc) is 3.11. The van der Waals surface area contributed by atoms with Crippen LogP contribution in [0.25, 0.3) is 5.76 Å². The van der Waals surface area contributed by atoms with Crippen LogP contribution in [0.1, 0.15) is 31.0 Å². The lowest BCUT2D eigenvalue weighted by atomic mass is 9.95. The van der Waals surface area contributed by atoms with Crippen molar-refractivity contribution in [3.05, 3.63) is 95.3 Å². The number of carbonyl (C=O) groups is 2. The Morgan fingerprint density at radius 1 is 0.853 bits per heavy atom. The summed E-state index contributed by atoms with van der Waals surface area (Å²) in [6, 6.07) is 18.0. The molecule has 1 amide bonds. The Hall–Kier alpha value is -4.13. The van der Waals surface area contributed by atoms with E-state index in [1.54, 1.807) is 48.5 Å². The van der Waals surface area contributed by atoms with Gasteiger partial charge in [0.25, 0.3) is 11.7 Å². The summed E-state index contributed by atoms with van der Waals surface area (Å²) in [5.41, 5.74) is 1.25. The standard InChI is InChI=1S/C27H24FNO5/c1-3-33-21-13-7-17(8-14-21)24-23(25(30)18-5-9-19(28)10-6-18)26(31)27(32)29(24)20-11-15-22(16-12-20)34-4-2/h5-16,24,30H,3-4H2,1-2H3/b25-23+. The van der Waals surface area contributed by atoms with Crippen molar-refractivity contribution in [2.24, 2.45) is 0 Å². The molecule has 1 aliphatic rings. The number of benzene rings is 3. The van der Waals surface area contributed by atoms with E-state index in [1.165, 1.54) is 29.2 Å². The zero-order chi connectivity index (χ0) is 24.2. The average molecular weight is 461 g/mol. The van der Waals surface area contributed by atoms with Crippen molar-refractivity contribution in [3.8, 4) is 11.5 Å². The van der Waals surface area contributed by atoms with E-state index >= 15 is 0 Å². The summed E-state index contributed by atoms with van der Waals surface area (Å²) in [6.45, 7) is 4.73. The van der Waals surface area contributed by atoms with Crippen LogP contribution in [-0.2, 0) is 9.59 Å². The van der Waals surface area contributed by atoms with Gasteiger partial charge in [-0.3, -0.25) is 14.5 Å². The van der Waals surface area contributed by atoms with Gasteiger partial charge in [-0.25, -0.2) is 4.39 Å². The highest BCUT2D eigenvalue weighted by Gasteiger charge is 2.47. The molecule has 3 aromatic carbocycles. The van der Waals surface area contributed by atoms with E-state index in [4.69, 9.17) is 9.47 Å². The molecule has 0 radical (unpaired) electrons. The summed E-state index contributed by atoms with van der Waals surface area (Å²) in [4.78, 5) is 27.7. The van der Waals surface area contributed by atoms with Crippen LogP contribution in [0, 0.1) is 5.82 Å². The fourth-order valence-corrected chi connectivity index (χ4v) is 3.96. The van der Waals surface area contributed by atoms with Crippen LogP contribution < -0.4 is 14.4 Å². The Bertz CT molecular complexity index is 1220. The predicted molar refractivity (Wildman–Crippen MR) is 126 cm³/mol. The lowest BCUT2D eigenvalue weighted by Crippen LogP contribution is -2.29. The van der Waals surface area contributed by atoms with Crippen LogP contribution in [-0.4, -0.2) is 30.0 Å². The minimum absolute atomic E-state index is 0.0744. The van der Waals surface area contributed by atoms with Crippen LogP contribution in [0.2, 0.25) is 0 Å². The van der Waals surface area contributed by atoms with Crippen molar-refractivity contribution < 1.29 is 28.6 Å². The lowest BCUT2D eigenvalue weighted by molar-refractivity contribution is -0.132. The maximum absolute atomic E-state index is 13.4. The normalized spacial score (nSPS) is 17.1. The largest absolute Gasteiger partial charge is 0.507 e. The number of amides is 1. The number of aliphatic hydroxyl groups is 1. The highest BCUT2D eigenvalue weighted by molar-refractivity contribution is 6.51. The number of halogens is 1. The van der Waals surface area contributed by atoms with Crippen molar-refractivity contribution in [1.29, 1.82) is 0 Å². The Labute approximate surface area is 196 Å². The third kappa shape index (κ3) is 4.37. The summed E-state index contributed by atoms with van der Waals surface area (Å²) < 4.78 is 24.4. The molecule has 0 bridgehead atoms. The first kappa shape index (κ1) is 23.0. The molecule has 1 unspecified atom stereocenters. The summed E-state index contributed by atoms with van der Waals surface area (Å²) in [7, 11) is 0. The zero-order valence-corrected chi connectivity index (χ0v) is 18.8. The molecule has 1 atom stereocenters. The van der Waals surface area contributed by atoms with Crippen LogP contribution in [0.15, 0.2) is 78.4 Å². The second-order valence-corrected chi connectivity index (χ2v) is 7.60. The van der Waals surface area contributed by atoms with E-state index in [2.05, 4.69) is 0 Å². The highest BCUT2D eigenvalue weighted by Crippen LogP contribution is 2.42. The topological polar surface area (TPSA) is 76.1 Å². The summed E-state index contributed by atoms with van der Waals surface area (Å²) in [5, 5.41) is 11.1. The molecular weight excluding hydrogens is 437 g/mol. The molecule has 0 aliphatic carbocycles. The second-order valence-electron chi connectivity index (χ2n) is 7.60. The van der Waals surface area contributed by atoms with Crippen molar-refractivity contribution in [1.82, 2.24) is 0 Å². The molecule has 0 saturated carbocycles. The van der Waals surface area contributed by atoms with Crippen LogP contribution in [0.4, 0.5) is 10.1 Å². The summed E-state index contributed by atoms with van der Waals surface area (Å²) >= 11 is 0. The van der Waals surface area contributed by atoms with E-state index in [-0.39, 0.29) is 16.9 Å². The van der Waals surface area contributed by atoms with E-state index in [9.17, 15) is 19.1 Å². The zero-order valence-electron chi connectivity index (χ0n) is 18.8. The van der Waals surface area contributed by atoms with Crippen LogP contribution in [0.3, 0.4) is 0 Å². The van der Waals surface area contributed by atoms with Crippen LogP contribution >= 0.6 is 0 Å². The van der Waals surface area contributed by atoms with E-state index in [0.29, 0.717) is 36.0 Å². The number of ether oxygens (including phenoxy) is 2. The van der Waals surface area contributed by atoms with Crippen molar-refractivity contribution >= 4 is 23.1 Å². The molecule has 7 heteroatoms. The van der Waals surface area contributed by atoms with E-state index in [0.717, 1.165) is 0 Å². The quantitative estimate of drug-likeness (QED) is 0.296. The monoisotopic (exact) mass is 461 g/mol. The molecule has 0 spiro atoms.